The van der Waals surface area contributed by atoms with Crippen molar-refractivity contribution in [1.82, 2.24) is 0 Å². The highest BCUT2D eigenvalue weighted by Crippen LogP contribution is 1.97. The summed E-state index contributed by atoms with van der Waals surface area (Å²) in [4.78, 5) is 10.9. The molecule has 0 fully saturated rings. The van der Waals surface area contributed by atoms with E-state index in [-0.39, 0.29) is 12.4 Å². The van der Waals surface area contributed by atoms with Crippen LogP contribution in [0.15, 0.2) is 35.5 Å². The van der Waals surface area contributed by atoms with Crippen molar-refractivity contribution >= 4 is 27.9 Å². The minimum absolute atomic E-state index is 0.0750. The van der Waals surface area contributed by atoms with E-state index < -0.39 is 0 Å². The highest BCUT2D eigenvalue weighted by molar-refractivity contribution is 9.09. The molecule has 1 aromatic rings. The number of hydrogen-bond acceptors (Lipinski definition) is 3. The smallest absolute Gasteiger partial charge is 0.207 e. The molecular weight excluding hydrogens is 286 g/mol. The van der Waals surface area contributed by atoms with Crippen LogP contribution in [0.2, 0.25) is 0 Å². The van der Waals surface area contributed by atoms with Gasteiger partial charge in [0, 0.05) is 10.9 Å². The van der Waals surface area contributed by atoms with Crippen LogP contribution in [0.1, 0.15) is 23.2 Å². The summed E-state index contributed by atoms with van der Waals surface area (Å²) in [5, 5.41) is 21.3. The zero-order valence-corrected chi connectivity index (χ0v) is 11.0. The van der Waals surface area contributed by atoms with E-state index in [1.165, 1.54) is 0 Å². The molecule has 1 rings (SSSR count). The SMILES string of the molecule is O=C(C=NO)c1ccccc1.[O]CCCCBr. The molecule has 0 bridgehead atoms. The molecule has 0 saturated carbocycles. The minimum Gasteiger partial charge on any atom is -0.411 e. The van der Waals surface area contributed by atoms with Gasteiger partial charge in [0.25, 0.3) is 0 Å². The van der Waals surface area contributed by atoms with E-state index in [0.717, 1.165) is 24.4 Å². The van der Waals surface area contributed by atoms with Crippen LogP contribution in [-0.4, -0.2) is 29.1 Å². The van der Waals surface area contributed by atoms with Crippen LogP contribution in [0.3, 0.4) is 0 Å². The molecule has 0 aliphatic carbocycles. The Balaban J connectivity index is 0.000000366. The summed E-state index contributed by atoms with van der Waals surface area (Å²) < 4.78 is 0. The van der Waals surface area contributed by atoms with Gasteiger partial charge >= 0.3 is 0 Å². The second-order valence-electron chi connectivity index (χ2n) is 3.08. The lowest BCUT2D eigenvalue weighted by molar-refractivity contribution is 0.106. The normalized spacial score (nSPS) is 9.76. The first-order valence-electron chi connectivity index (χ1n) is 5.17. The maximum Gasteiger partial charge on any atom is 0.207 e. The van der Waals surface area contributed by atoms with Crippen molar-refractivity contribution in [3.8, 4) is 0 Å². The highest BCUT2D eigenvalue weighted by Gasteiger charge is 1.98. The summed E-state index contributed by atoms with van der Waals surface area (Å²) in [6.45, 7) is 0.0750. The van der Waals surface area contributed by atoms with Gasteiger partial charge in [-0.1, -0.05) is 51.4 Å². The van der Waals surface area contributed by atoms with Crippen LogP contribution >= 0.6 is 15.9 Å². The standard InChI is InChI=1S/C8H7NO2.C4H8BrO/c10-8(6-9-11)7-4-2-1-3-5-7;5-3-1-2-4-6/h1-6,11H;1-4H2. The van der Waals surface area contributed by atoms with Crippen LogP contribution < -0.4 is 0 Å². The predicted octanol–water partition coefficient (Wildman–Crippen LogP) is 2.92. The molecule has 1 N–H and O–H groups in total. The Hall–Kier alpha value is -1.20. The van der Waals surface area contributed by atoms with Crippen LogP contribution in [-0.2, 0) is 5.11 Å². The van der Waals surface area contributed by atoms with E-state index in [1.54, 1.807) is 24.3 Å². The van der Waals surface area contributed by atoms with Crippen LogP contribution in [0.4, 0.5) is 0 Å². The van der Waals surface area contributed by atoms with Crippen LogP contribution in [0.5, 0.6) is 0 Å². The van der Waals surface area contributed by atoms with Gasteiger partial charge in [0.2, 0.25) is 5.78 Å². The van der Waals surface area contributed by atoms with Crippen molar-refractivity contribution in [2.24, 2.45) is 5.16 Å². The number of nitrogens with zero attached hydrogens (tertiary/aromatic N) is 1. The molecule has 0 amide bonds. The highest BCUT2D eigenvalue weighted by atomic mass is 79.9. The molecule has 1 aromatic carbocycles. The number of unbranched alkanes of at least 4 members (excludes halogenated alkanes) is 1. The van der Waals surface area contributed by atoms with Gasteiger partial charge in [0.1, 0.15) is 6.21 Å². The Morgan fingerprint density at radius 2 is 1.94 bits per heavy atom. The fourth-order valence-corrected chi connectivity index (χ4v) is 1.32. The molecule has 93 valence electrons. The molecule has 0 spiro atoms. The fourth-order valence-electron chi connectivity index (χ4n) is 0.926. The number of ketones is 1. The fraction of sp³-hybridized carbons (Fsp3) is 0.333. The molecule has 4 nitrogen and oxygen atoms in total. The quantitative estimate of drug-likeness (QED) is 0.227. The molecule has 0 unspecified atom stereocenters. The van der Waals surface area contributed by atoms with Crippen molar-refractivity contribution in [2.75, 3.05) is 11.9 Å². The second-order valence-corrected chi connectivity index (χ2v) is 3.87. The van der Waals surface area contributed by atoms with Crippen LogP contribution in [0.25, 0.3) is 0 Å². The summed E-state index contributed by atoms with van der Waals surface area (Å²) in [6, 6.07) is 8.62. The average Bonchev–Trinajstić information content (AvgIpc) is 2.38. The van der Waals surface area contributed by atoms with Crippen molar-refractivity contribution in [2.45, 2.75) is 12.8 Å². The first-order valence-corrected chi connectivity index (χ1v) is 6.29. The molecule has 0 aliphatic rings. The number of hydrogen-bond donors (Lipinski definition) is 1. The van der Waals surface area contributed by atoms with Crippen molar-refractivity contribution in [1.29, 1.82) is 0 Å². The summed E-state index contributed by atoms with van der Waals surface area (Å²) in [6.07, 6.45) is 2.70. The first kappa shape index (κ1) is 15.8. The molecule has 0 saturated heterocycles. The van der Waals surface area contributed by atoms with Gasteiger partial charge in [-0.25, -0.2) is 5.11 Å². The molecule has 0 aliphatic heterocycles. The van der Waals surface area contributed by atoms with Crippen molar-refractivity contribution in [3.05, 3.63) is 35.9 Å². The largest absolute Gasteiger partial charge is 0.411 e. The second kappa shape index (κ2) is 11.3. The third kappa shape index (κ3) is 8.59. The number of halogens is 1. The van der Waals surface area contributed by atoms with Gasteiger partial charge in [-0.2, -0.15) is 0 Å². The number of Topliss-reactive ketones (excluding diaryl/α,β-unsaturated/α-hetero) is 1. The van der Waals surface area contributed by atoms with Gasteiger partial charge < -0.3 is 5.21 Å². The van der Waals surface area contributed by atoms with Gasteiger partial charge in [0.05, 0.1) is 6.61 Å². The molecule has 5 heteroatoms. The number of alkyl halides is 1. The Morgan fingerprint density at radius 1 is 1.29 bits per heavy atom. The van der Waals surface area contributed by atoms with E-state index in [0.29, 0.717) is 5.56 Å². The van der Waals surface area contributed by atoms with Gasteiger partial charge in [0.15, 0.2) is 0 Å². The molecule has 0 heterocycles. The molecule has 0 atom stereocenters. The van der Waals surface area contributed by atoms with E-state index in [1.807, 2.05) is 6.07 Å². The first-order chi connectivity index (χ1) is 8.26. The maximum atomic E-state index is 10.9. The Bertz CT molecular complexity index is 324. The Morgan fingerprint density at radius 3 is 2.35 bits per heavy atom. The van der Waals surface area contributed by atoms with E-state index in [2.05, 4.69) is 21.1 Å². The molecule has 0 aromatic heterocycles. The number of carbonyl (C=O) groups is 1. The predicted molar refractivity (Wildman–Crippen MR) is 69.6 cm³/mol. The zero-order chi connectivity index (χ0) is 12.9. The summed E-state index contributed by atoms with van der Waals surface area (Å²) >= 11 is 3.21. The molecular formula is C12H15BrNO3. The summed E-state index contributed by atoms with van der Waals surface area (Å²) in [7, 11) is 0. The topological polar surface area (TPSA) is 69.6 Å². The van der Waals surface area contributed by atoms with Gasteiger partial charge in [-0.3, -0.25) is 4.79 Å². The Kier molecular flexibility index (Phi) is 10.5. The van der Waals surface area contributed by atoms with Gasteiger partial charge in [-0.05, 0) is 12.8 Å². The third-order valence-corrected chi connectivity index (χ3v) is 2.32. The lowest BCUT2D eigenvalue weighted by Crippen LogP contribution is -1.98. The minimum atomic E-state index is -0.298. The van der Waals surface area contributed by atoms with Crippen molar-refractivity contribution < 1.29 is 15.1 Å². The Labute approximate surface area is 109 Å². The molecule has 1 radical (unpaired) electrons. The van der Waals surface area contributed by atoms with Gasteiger partial charge in [-0.15, -0.1) is 0 Å². The number of carbonyl (C=O) groups excluding carboxylic acids is 1. The van der Waals surface area contributed by atoms with Crippen LogP contribution in [0, 0.1) is 0 Å². The molecule has 17 heavy (non-hydrogen) atoms. The van der Waals surface area contributed by atoms with E-state index in [9.17, 15) is 9.90 Å². The number of oxime groups is 1. The third-order valence-electron chi connectivity index (χ3n) is 1.76. The number of benzene rings is 1. The number of rotatable bonds is 5. The maximum absolute atomic E-state index is 10.9. The summed E-state index contributed by atoms with van der Waals surface area (Å²) in [5.41, 5.74) is 0.519. The van der Waals surface area contributed by atoms with E-state index in [4.69, 9.17) is 5.21 Å². The monoisotopic (exact) mass is 300 g/mol. The average molecular weight is 301 g/mol. The zero-order valence-electron chi connectivity index (χ0n) is 9.38. The lowest BCUT2D eigenvalue weighted by Gasteiger charge is -1.90. The lowest BCUT2D eigenvalue weighted by atomic mass is 10.1. The van der Waals surface area contributed by atoms with Crippen molar-refractivity contribution in [3.63, 3.8) is 0 Å². The van der Waals surface area contributed by atoms with E-state index >= 15 is 0 Å². The summed E-state index contributed by atoms with van der Waals surface area (Å²) in [5.74, 6) is -0.298.